The van der Waals surface area contributed by atoms with Crippen LogP contribution < -0.4 is 0 Å². The van der Waals surface area contributed by atoms with Crippen molar-refractivity contribution in [3.8, 4) is 0 Å². The van der Waals surface area contributed by atoms with Crippen molar-refractivity contribution in [2.24, 2.45) is 0 Å². The Kier molecular flexibility index (Phi) is 5.20. The van der Waals surface area contributed by atoms with Crippen molar-refractivity contribution >= 4 is 8.07 Å². The van der Waals surface area contributed by atoms with Crippen LogP contribution in [0.1, 0.15) is 32.2 Å². The molecule has 0 saturated heterocycles. The number of hydrogen-bond donors (Lipinski definition) is 0. The third-order valence-corrected chi connectivity index (χ3v) is 9.92. The van der Waals surface area contributed by atoms with Gasteiger partial charge in [0.1, 0.15) is 0 Å². The summed E-state index contributed by atoms with van der Waals surface area (Å²) in [6.45, 7) is 9.21. The van der Waals surface area contributed by atoms with Crippen LogP contribution in [0.25, 0.3) is 0 Å². The van der Waals surface area contributed by atoms with Crippen molar-refractivity contribution in [2.45, 2.75) is 58.3 Å². The van der Waals surface area contributed by atoms with Crippen LogP contribution >= 0.6 is 0 Å². The molecule has 0 aliphatic rings. The summed E-state index contributed by atoms with van der Waals surface area (Å²) in [6, 6.07) is 12.1. The molecule has 1 rings (SSSR count). The van der Waals surface area contributed by atoms with Gasteiger partial charge in [0, 0.05) is 11.4 Å². The number of aryl methyl sites for hydroxylation is 2. The van der Waals surface area contributed by atoms with Crippen LogP contribution in [-0.4, -0.2) is 13.1 Å². The van der Waals surface area contributed by atoms with E-state index in [0.717, 1.165) is 5.69 Å². The normalized spacial score (nSPS) is 11.8. The van der Waals surface area contributed by atoms with Crippen LogP contribution in [0, 0.1) is 6.92 Å². The lowest BCUT2D eigenvalue weighted by atomic mass is 10.3. The third-order valence-electron chi connectivity index (χ3n) is 4.11. The number of pyridine rings is 1. The molecule has 0 bridgehead atoms. The summed E-state index contributed by atoms with van der Waals surface area (Å²) in [6.07, 6.45) is 1.18. The lowest BCUT2D eigenvalue weighted by molar-refractivity contribution is 0.958. The van der Waals surface area contributed by atoms with Gasteiger partial charge >= 0.3 is 0 Å². The first-order chi connectivity index (χ1) is 7.65. The predicted octanol–water partition coefficient (Wildman–Crippen LogP) is 4.44. The molecule has 0 fully saturated rings. The summed E-state index contributed by atoms with van der Waals surface area (Å²) < 4.78 is 0. The maximum absolute atomic E-state index is 4.60. The zero-order valence-corrected chi connectivity index (χ0v) is 12.2. The fourth-order valence-electron chi connectivity index (χ4n) is 2.41. The van der Waals surface area contributed by atoms with Gasteiger partial charge in [0.15, 0.2) is 0 Å². The highest BCUT2D eigenvalue weighted by Crippen LogP contribution is 2.26. The van der Waals surface area contributed by atoms with E-state index in [9.17, 15) is 0 Å². The summed E-state index contributed by atoms with van der Waals surface area (Å²) >= 11 is 0. The fourth-order valence-corrected chi connectivity index (χ4v) is 5.76. The Balaban J connectivity index is 2.62. The van der Waals surface area contributed by atoms with E-state index in [4.69, 9.17) is 0 Å². The molecule has 0 amide bonds. The minimum absolute atomic E-state index is 0.958. The standard InChI is InChI=1S/C14H25NSi/c1-5-16(6-2,7-3)12-11-14-10-8-9-13(4)15-14/h8-10H,5-7,11-12H2,1-4H3. The van der Waals surface area contributed by atoms with Gasteiger partial charge in [-0.2, -0.15) is 0 Å². The van der Waals surface area contributed by atoms with Gasteiger partial charge < -0.3 is 0 Å². The quantitative estimate of drug-likeness (QED) is 0.664. The van der Waals surface area contributed by atoms with Crippen molar-refractivity contribution < 1.29 is 0 Å². The van der Waals surface area contributed by atoms with Crippen LogP contribution in [0.3, 0.4) is 0 Å². The Morgan fingerprint density at radius 1 is 1.06 bits per heavy atom. The number of aromatic nitrogens is 1. The van der Waals surface area contributed by atoms with E-state index in [1.165, 1.54) is 36.3 Å². The Labute approximate surface area is 101 Å². The van der Waals surface area contributed by atoms with Gasteiger partial charge in [-0.1, -0.05) is 51.0 Å². The predicted molar refractivity (Wildman–Crippen MR) is 74.7 cm³/mol. The van der Waals surface area contributed by atoms with Crippen molar-refractivity contribution in [1.29, 1.82) is 0 Å². The third kappa shape index (κ3) is 3.44. The molecule has 0 atom stereocenters. The van der Waals surface area contributed by atoms with Crippen molar-refractivity contribution in [2.75, 3.05) is 0 Å². The highest BCUT2D eigenvalue weighted by atomic mass is 28.3. The highest BCUT2D eigenvalue weighted by Gasteiger charge is 2.25. The molecule has 0 N–H and O–H groups in total. The zero-order valence-electron chi connectivity index (χ0n) is 11.2. The Morgan fingerprint density at radius 2 is 1.69 bits per heavy atom. The molecule has 0 saturated carbocycles. The lowest BCUT2D eigenvalue weighted by Gasteiger charge is -2.27. The lowest BCUT2D eigenvalue weighted by Crippen LogP contribution is -2.31. The largest absolute Gasteiger partial charge is 0.258 e. The monoisotopic (exact) mass is 235 g/mol. The summed E-state index contributed by atoms with van der Waals surface area (Å²) in [7, 11) is -0.958. The van der Waals surface area contributed by atoms with Gasteiger partial charge in [-0.05, 0) is 25.5 Å². The van der Waals surface area contributed by atoms with Crippen LogP contribution in [0.5, 0.6) is 0 Å². The minimum Gasteiger partial charge on any atom is -0.258 e. The molecule has 1 heterocycles. The fraction of sp³-hybridized carbons (Fsp3) is 0.643. The van der Waals surface area contributed by atoms with Crippen molar-refractivity contribution in [3.05, 3.63) is 29.6 Å². The Bertz CT molecular complexity index is 310. The van der Waals surface area contributed by atoms with E-state index in [0.29, 0.717) is 0 Å². The molecule has 0 aromatic carbocycles. The molecule has 0 unspecified atom stereocenters. The average molecular weight is 235 g/mol. The van der Waals surface area contributed by atoms with E-state index < -0.39 is 8.07 Å². The van der Waals surface area contributed by atoms with Gasteiger partial charge in [0.25, 0.3) is 0 Å². The van der Waals surface area contributed by atoms with Crippen molar-refractivity contribution in [1.82, 2.24) is 4.98 Å². The SMILES string of the molecule is CC[Si](CC)(CC)CCc1cccc(C)n1. The molecule has 16 heavy (non-hydrogen) atoms. The van der Waals surface area contributed by atoms with Crippen LogP contribution in [0.15, 0.2) is 18.2 Å². The molecule has 90 valence electrons. The maximum atomic E-state index is 4.60. The molecule has 1 aromatic rings. The summed E-state index contributed by atoms with van der Waals surface area (Å²) in [5, 5.41) is 0. The van der Waals surface area contributed by atoms with Gasteiger partial charge in [-0.25, -0.2) is 0 Å². The van der Waals surface area contributed by atoms with Crippen LogP contribution in [0.4, 0.5) is 0 Å². The first-order valence-electron chi connectivity index (χ1n) is 6.58. The van der Waals surface area contributed by atoms with Crippen molar-refractivity contribution in [3.63, 3.8) is 0 Å². The van der Waals surface area contributed by atoms with Crippen LogP contribution in [-0.2, 0) is 6.42 Å². The Hall–Kier alpha value is -0.633. The highest BCUT2D eigenvalue weighted by molar-refractivity contribution is 6.79. The van der Waals surface area contributed by atoms with E-state index in [1.54, 1.807) is 0 Å². The number of nitrogens with zero attached hydrogens (tertiary/aromatic N) is 1. The molecule has 2 heteroatoms. The Morgan fingerprint density at radius 3 is 2.19 bits per heavy atom. The second kappa shape index (κ2) is 6.19. The minimum atomic E-state index is -0.958. The van der Waals surface area contributed by atoms with Gasteiger partial charge in [-0.15, -0.1) is 0 Å². The van der Waals surface area contributed by atoms with E-state index in [2.05, 4.69) is 50.9 Å². The average Bonchev–Trinajstić information content (AvgIpc) is 2.32. The van der Waals surface area contributed by atoms with Crippen LogP contribution in [0.2, 0.25) is 24.2 Å². The second-order valence-corrected chi connectivity index (χ2v) is 10.5. The smallest absolute Gasteiger partial charge is 0.0531 e. The first-order valence-corrected chi connectivity index (χ1v) is 9.41. The summed E-state index contributed by atoms with van der Waals surface area (Å²) in [5.74, 6) is 0. The molecule has 0 aliphatic heterocycles. The summed E-state index contributed by atoms with van der Waals surface area (Å²) in [4.78, 5) is 4.60. The molecule has 0 spiro atoms. The molecule has 0 aliphatic carbocycles. The molecule has 1 nitrogen and oxygen atoms in total. The van der Waals surface area contributed by atoms with E-state index in [-0.39, 0.29) is 0 Å². The molecular formula is C14H25NSi. The number of hydrogen-bond acceptors (Lipinski definition) is 1. The summed E-state index contributed by atoms with van der Waals surface area (Å²) in [5.41, 5.74) is 2.43. The van der Waals surface area contributed by atoms with E-state index in [1.807, 2.05) is 0 Å². The number of rotatable bonds is 6. The van der Waals surface area contributed by atoms with Gasteiger partial charge in [0.2, 0.25) is 0 Å². The molecule has 1 aromatic heterocycles. The topological polar surface area (TPSA) is 12.9 Å². The first kappa shape index (κ1) is 13.4. The van der Waals surface area contributed by atoms with E-state index >= 15 is 0 Å². The molecule has 0 radical (unpaired) electrons. The van der Waals surface area contributed by atoms with Gasteiger partial charge in [0.05, 0.1) is 8.07 Å². The van der Waals surface area contributed by atoms with Gasteiger partial charge in [-0.3, -0.25) is 4.98 Å². The second-order valence-electron chi connectivity index (χ2n) is 4.83. The molecular weight excluding hydrogens is 210 g/mol. The zero-order chi connectivity index (χ0) is 12.0. The maximum Gasteiger partial charge on any atom is 0.0531 e.